The van der Waals surface area contributed by atoms with E-state index in [1.54, 1.807) is 6.20 Å². The van der Waals surface area contributed by atoms with Gasteiger partial charge in [0.1, 0.15) is 5.75 Å². The third-order valence-electron chi connectivity index (χ3n) is 2.42. The number of nitrogen functional groups attached to an aromatic ring is 1. The van der Waals surface area contributed by atoms with Crippen molar-refractivity contribution >= 4 is 5.69 Å². The second-order valence-corrected chi connectivity index (χ2v) is 3.75. The van der Waals surface area contributed by atoms with Gasteiger partial charge in [-0.2, -0.15) is 0 Å². The van der Waals surface area contributed by atoms with Crippen LogP contribution >= 0.6 is 0 Å². The highest BCUT2D eigenvalue weighted by Crippen LogP contribution is 2.26. The van der Waals surface area contributed by atoms with Gasteiger partial charge in [-0.05, 0) is 31.5 Å². The van der Waals surface area contributed by atoms with Crippen LogP contribution in [0.15, 0.2) is 36.5 Å². The first kappa shape index (κ1) is 10.5. The summed E-state index contributed by atoms with van der Waals surface area (Å²) in [5.41, 5.74) is 8.57. The summed E-state index contributed by atoms with van der Waals surface area (Å²) in [5.74, 6) is 1.33. The number of aryl methyl sites for hydroxylation is 1. The molecule has 3 nitrogen and oxygen atoms in total. The Morgan fingerprint density at radius 2 is 1.94 bits per heavy atom. The molecule has 0 aliphatic rings. The van der Waals surface area contributed by atoms with Crippen LogP contribution in [0.4, 0.5) is 5.69 Å². The van der Waals surface area contributed by atoms with Gasteiger partial charge >= 0.3 is 0 Å². The van der Waals surface area contributed by atoms with E-state index in [1.807, 2.05) is 44.2 Å². The average Bonchev–Trinajstić information content (AvgIpc) is 2.28. The summed E-state index contributed by atoms with van der Waals surface area (Å²) in [7, 11) is 0. The minimum absolute atomic E-state index is 0.583. The molecule has 0 aliphatic carbocycles. The lowest BCUT2D eigenvalue weighted by Gasteiger charge is -2.09. The first-order chi connectivity index (χ1) is 7.66. The van der Waals surface area contributed by atoms with Crippen LogP contribution in [0.2, 0.25) is 0 Å². The Morgan fingerprint density at radius 3 is 2.62 bits per heavy atom. The van der Waals surface area contributed by atoms with Gasteiger partial charge in [-0.1, -0.05) is 12.1 Å². The maximum Gasteiger partial charge on any atom is 0.219 e. The number of pyridine rings is 1. The number of hydrogen-bond acceptors (Lipinski definition) is 3. The third-order valence-corrected chi connectivity index (χ3v) is 2.42. The van der Waals surface area contributed by atoms with Crippen LogP contribution in [0, 0.1) is 13.8 Å². The van der Waals surface area contributed by atoms with Crippen molar-refractivity contribution in [2.24, 2.45) is 0 Å². The van der Waals surface area contributed by atoms with E-state index in [2.05, 4.69) is 4.98 Å². The fraction of sp³-hybridized carbons (Fsp3) is 0.154. The molecule has 1 aromatic heterocycles. The zero-order valence-electron chi connectivity index (χ0n) is 9.40. The van der Waals surface area contributed by atoms with E-state index in [1.165, 1.54) is 0 Å². The molecule has 1 heterocycles. The van der Waals surface area contributed by atoms with Crippen molar-refractivity contribution in [3.63, 3.8) is 0 Å². The van der Waals surface area contributed by atoms with Crippen molar-refractivity contribution in [3.8, 4) is 11.6 Å². The van der Waals surface area contributed by atoms with Crippen LogP contribution in [-0.4, -0.2) is 4.98 Å². The molecular formula is C13H14N2O. The quantitative estimate of drug-likeness (QED) is 0.781. The molecule has 0 saturated carbocycles. The molecule has 0 unspecified atom stereocenters. The molecule has 3 heteroatoms. The highest BCUT2D eigenvalue weighted by Gasteiger charge is 2.04. The molecule has 1 aromatic carbocycles. The van der Waals surface area contributed by atoms with Gasteiger partial charge in [0.05, 0.1) is 0 Å². The van der Waals surface area contributed by atoms with Gasteiger partial charge < -0.3 is 10.5 Å². The van der Waals surface area contributed by atoms with Gasteiger partial charge in [-0.3, -0.25) is 0 Å². The van der Waals surface area contributed by atoms with Gasteiger partial charge in [0.15, 0.2) is 0 Å². The van der Waals surface area contributed by atoms with E-state index in [-0.39, 0.29) is 0 Å². The van der Waals surface area contributed by atoms with Crippen LogP contribution in [-0.2, 0) is 0 Å². The highest BCUT2D eigenvalue weighted by molar-refractivity contribution is 5.53. The van der Waals surface area contributed by atoms with E-state index >= 15 is 0 Å². The van der Waals surface area contributed by atoms with E-state index in [9.17, 15) is 0 Å². The number of nitrogens with zero attached hydrogens (tertiary/aromatic N) is 1. The lowest BCUT2D eigenvalue weighted by molar-refractivity contribution is 0.459. The molecule has 0 aliphatic heterocycles. The van der Waals surface area contributed by atoms with Crippen LogP contribution in [0.1, 0.15) is 11.1 Å². The van der Waals surface area contributed by atoms with Gasteiger partial charge in [0, 0.05) is 23.5 Å². The number of rotatable bonds is 2. The Kier molecular flexibility index (Phi) is 2.77. The zero-order valence-corrected chi connectivity index (χ0v) is 9.40. The number of nitrogens with two attached hydrogens (primary N) is 1. The summed E-state index contributed by atoms with van der Waals surface area (Å²) < 4.78 is 5.65. The molecule has 16 heavy (non-hydrogen) atoms. The lowest BCUT2D eigenvalue weighted by atomic mass is 10.2. The first-order valence-corrected chi connectivity index (χ1v) is 5.12. The molecule has 2 N–H and O–H groups in total. The second kappa shape index (κ2) is 4.23. The zero-order chi connectivity index (χ0) is 11.5. The number of hydrogen-bond donors (Lipinski definition) is 1. The fourth-order valence-corrected chi connectivity index (χ4v) is 1.37. The van der Waals surface area contributed by atoms with Gasteiger partial charge in [-0.15, -0.1) is 0 Å². The Morgan fingerprint density at radius 1 is 1.12 bits per heavy atom. The average molecular weight is 214 g/mol. The van der Waals surface area contributed by atoms with Gasteiger partial charge in [0.25, 0.3) is 0 Å². The van der Waals surface area contributed by atoms with Crippen molar-refractivity contribution in [3.05, 3.63) is 47.7 Å². The molecule has 0 atom stereocenters. The van der Waals surface area contributed by atoms with Crippen LogP contribution in [0.3, 0.4) is 0 Å². The highest BCUT2D eigenvalue weighted by atomic mass is 16.5. The Hall–Kier alpha value is -2.03. The number of aromatic nitrogens is 1. The third kappa shape index (κ3) is 2.14. The molecule has 2 rings (SSSR count). The standard InChI is InChI=1S/C13H14N2O/c1-9-6-7-13(15-8-9)16-12-5-3-4-11(14)10(12)2/h3-8H,14H2,1-2H3. The normalized spacial score (nSPS) is 10.1. The monoisotopic (exact) mass is 214 g/mol. The SMILES string of the molecule is Cc1ccc(Oc2cccc(N)c2C)nc1. The fourth-order valence-electron chi connectivity index (χ4n) is 1.37. The molecule has 0 bridgehead atoms. The molecule has 0 saturated heterocycles. The van der Waals surface area contributed by atoms with Crippen molar-refractivity contribution < 1.29 is 4.74 Å². The molecule has 82 valence electrons. The molecule has 0 amide bonds. The number of ether oxygens (including phenoxy) is 1. The molecule has 0 spiro atoms. The van der Waals surface area contributed by atoms with Crippen molar-refractivity contribution in [2.75, 3.05) is 5.73 Å². The summed E-state index contributed by atoms with van der Waals surface area (Å²) in [5, 5.41) is 0. The first-order valence-electron chi connectivity index (χ1n) is 5.12. The van der Waals surface area contributed by atoms with Gasteiger partial charge in [-0.25, -0.2) is 4.98 Å². The minimum atomic E-state index is 0.583. The maximum atomic E-state index is 5.80. The summed E-state index contributed by atoms with van der Waals surface area (Å²) >= 11 is 0. The summed E-state index contributed by atoms with van der Waals surface area (Å²) in [4.78, 5) is 4.18. The summed E-state index contributed by atoms with van der Waals surface area (Å²) in [6.07, 6.45) is 1.77. The predicted octanol–water partition coefficient (Wildman–Crippen LogP) is 3.07. The maximum absolute atomic E-state index is 5.80. The van der Waals surface area contributed by atoms with Crippen molar-refractivity contribution in [1.29, 1.82) is 0 Å². The second-order valence-electron chi connectivity index (χ2n) is 3.75. The molecule has 0 radical (unpaired) electrons. The minimum Gasteiger partial charge on any atom is -0.439 e. The van der Waals surface area contributed by atoms with Crippen molar-refractivity contribution in [2.45, 2.75) is 13.8 Å². The smallest absolute Gasteiger partial charge is 0.219 e. The number of anilines is 1. The van der Waals surface area contributed by atoms with E-state index in [4.69, 9.17) is 10.5 Å². The van der Waals surface area contributed by atoms with Crippen LogP contribution in [0.25, 0.3) is 0 Å². The Balaban J connectivity index is 2.27. The van der Waals surface area contributed by atoms with Crippen LogP contribution < -0.4 is 10.5 Å². The lowest BCUT2D eigenvalue weighted by Crippen LogP contribution is -1.94. The molecular weight excluding hydrogens is 200 g/mol. The Labute approximate surface area is 94.9 Å². The van der Waals surface area contributed by atoms with Crippen LogP contribution in [0.5, 0.6) is 11.6 Å². The van der Waals surface area contributed by atoms with E-state index < -0.39 is 0 Å². The molecule has 2 aromatic rings. The number of benzene rings is 1. The topological polar surface area (TPSA) is 48.1 Å². The molecule has 0 fully saturated rings. The van der Waals surface area contributed by atoms with E-state index in [0.29, 0.717) is 5.88 Å². The predicted molar refractivity (Wildman–Crippen MR) is 64.6 cm³/mol. The van der Waals surface area contributed by atoms with E-state index in [0.717, 1.165) is 22.6 Å². The summed E-state index contributed by atoms with van der Waals surface area (Å²) in [6, 6.07) is 9.41. The largest absolute Gasteiger partial charge is 0.439 e. The Bertz CT molecular complexity index is 492. The van der Waals surface area contributed by atoms with Gasteiger partial charge in [0.2, 0.25) is 5.88 Å². The summed E-state index contributed by atoms with van der Waals surface area (Å²) in [6.45, 7) is 3.92. The van der Waals surface area contributed by atoms with Crippen molar-refractivity contribution in [1.82, 2.24) is 4.98 Å².